The van der Waals surface area contributed by atoms with Crippen molar-refractivity contribution in [1.82, 2.24) is 15.0 Å². The molecule has 1 amide bonds. The lowest BCUT2D eigenvalue weighted by atomic mass is 10.0. The highest BCUT2D eigenvalue weighted by atomic mass is 16.2. The van der Waals surface area contributed by atoms with Crippen LogP contribution in [0, 0.1) is 30.1 Å². The molecule has 3 heterocycles. The molecule has 1 aliphatic carbocycles. The molecule has 33 heavy (non-hydrogen) atoms. The highest BCUT2D eigenvalue weighted by molar-refractivity contribution is 5.98. The van der Waals surface area contributed by atoms with Gasteiger partial charge in [0.05, 0.1) is 17.5 Å². The van der Waals surface area contributed by atoms with Crippen LogP contribution in [-0.2, 0) is 4.79 Å². The van der Waals surface area contributed by atoms with E-state index >= 15 is 0 Å². The van der Waals surface area contributed by atoms with E-state index < -0.39 is 0 Å². The highest BCUT2D eigenvalue weighted by Gasteiger charge is 2.42. The molecule has 1 fully saturated rings. The second kappa shape index (κ2) is 8.32. The fourth-order valence-corrected chi connectivity index (χ4v) is 4.10. The van der Waals surface area contributed by atoms with Crippen molar-refractivity contribution in [3.63, 3.8) is 0 Å². The van der Waals surface area contributed by atoms with Gasteiger partial charge >= 0.3 is 0 Å². The third kappa shape index (κ3) is 4.11. The van der Waals surface area contributed by atoms with Crippen molar-refractivity contribution in [2.75, 3.05) is 11.1 Å². The van der Waals surface area contributed by atoms with E-state index in [1.165, 1.54) is 0 Å². The first-order chi connectivity index (χ1) is 16.0. The molecular formula is C26H22N6O. The van der Waals surface area contributed by atoms with E-state index in [9.17, 15) is 4.79 Å². The van der Waals surface area contributed by atoms with E-state index in [0.717, 1.165) is 39.6 Å². The van der Waals surface area contributed by atoms with Crippen LogP contribution in [0.25, 0.3) is 33.3 Å². The fourth-order valence-electron chi connectivity index (χ4n) is 4.10. The first-order valence-corrected chi connectivity index (χ1v) is 10.8. The van der Waals surface area contributed by atoms with E-state index in [1.807, 2.05) is 55.6 Å². The minimum absolute atomic E-state index is 0.0964. The third-order valence-corrected chi connectivity index (χ3v) is 6.07. The second-order valence-corrected chi connectivity index (χ2v) is 8.39. The van der Waals surface area contributed by atoms with Gasteiger partial charge in [-0.05, 0) is 48.4 Å². The molecule has 0 bridgehead atoms. The molecule has 1 saturated carbocycles. The number of hydrogen-bond donors (Lipinski definition) is 2. The van der Waals surface area contributed by atoms with Gasteiger partial charge in [0.1, 0.15) is 11.6 Å². The molecule has 7 heteroatoms. The van der Waals surface area contributed by atoms with Gasteiger partial charge in [0.25, 0.3) is 0 Å². The molecule has 0 spiro atoms. The Hall–Kier alpha value is -4.31. The summed E-state index contributed by atoms with van der Waals surface area (Å²) < 4.78 is 0. The Balaban J connectivity index is 1.45. The van der Waals surface area contributed by atoms with Crippen molar-refractivity contribution < 1.29 is 4.79 Å². The summed E-state index contributed by atoms with van der Waals surface area (Å²) in [5, 5.41) is 13.2. The number of fused-ring (bicyclic) bond motifs is 1. The van der Waals surface area contributed by atoms with Gasteiger partial charge in [-0.1, -0.05) is 30.3 Å². The number of aryl methyl sites for hydroxylation is 1. The average molecular weight is 435 g/mol. The van der Waals surface area contributed by atoms with E-state index in [0.29, 0.717) is 23.8 Å². The quantitative estimate of drug-likeness (QED) is 0.468. The monoisotopic (exact) mass is 434 g/mol. The molecule has 162 valence electrons. The van der Waals surface area contributed by atoms with Gasteiger partial charge in [-0.2, -0.15) is 5.26 Å². The lowest BCUT2D eigenvalue weighted by Gasteiger charge is -2.11. The Bertz CT molecular complexity index is 1410. The lowest BCUT2D eigenvalue weighted by Crippen LogP contribution is -2.15. The van der Waals surface area contributed by atoms with Crippen LogP contribution in [0.1, 0.15) is 18.4 Å². The number of nitrogens with one attached hydrogen (secondary N) is 1. The molecule has 0 saturated heterocycles. The van der Waals surface area contributed by atoms with Gasteiger partial charge < -0.3 is 11.1 Å². The lowest BCUT2D eigenvalue weighted by molar-refractivity contribution is -0.117. The number of hydrogen-bond acceptors (Lipinski definition) is 6. The molecule has 4 aromatic rings. The Labute approximate surface area is 191 Å². The Kier molecular flexibility index (Phi) is 5.19. The Morgan fingerprint density at radius 1 is 1.15 bits per heavy atom. The van der Waals surface area contributed by atoms with Crippen LogP contribution < -0.4 is 11.1 Å². The van der Waals surface area contributed by atoms with Gasteiger partial charge in [0, 0.05) is 41.2 Å². The molecule has 7 nitrogen and oxygen atoms in total. The summed E-state index contributed by atoms with van der Waals surface area (Å²) >= 11 is 0. The standard InChI is InChI=1S/C26H22N6O/c1-15-9-22(16-5-3-2-4-6-16)29-13-20(15)23-11-18-12-24(30-14-21(18)25(28)31-23)32-26(33)19-10-17(19)7-8-27/h2-6,9,11-14,17,19H,7,10H2,1H3,(H2,28,31)(H,30,32,33). The third-order valence-electron chi connectivity index (χ3n) is 6.07. The minimum atomic E-state index is -0.114. The van der Waals surface area contributed by atoms with Gasteiger partial charge in [-0.15, -0.1) is 0 Å². The van der Waals surface area contributed by atoms with Gasteiger partial charge in [0.2, 0.25) is 5.91 Å². The summed E-state index contributed by atoms with van der Waals surface area (Å²) in [6.07, 6.45) is 4.60. The largest absolute Gasteiger partial charge is 0.383 e. The summed E-state index contributed by atoms with van der Waals surface area (Å²) in [5.41, 5.74) is 10.8. The molecule has 1 aromatic carbocycles. The van der Waals surface area contributed by atoms with Crippen molar-refractivity contribution >= 4 is 28.3 Å². The smallest absolute Gasteiger partial charge is 0.228 e. The minimum Gasteiger partial charge on any atom is -0.383 e. The number of aromatic nitrogens is 3. The number of pyridine rings is 3. The number of amides is 1. The van der Waals surface area contributed by atoms with Crippen LogP contribution in [0.5, 0.6) is 0 Å². The molecule has 0 radical (unpaired) electrons. The van der Waals surface area contributed by atoms with Gasteiger partial charge in [-0.25, -0.2) is 9.97 Å². The van der Waals surface area contributed by atoms with Crippen LogP contribution in [0.4, 0.5) is 11.6 Å². The first-order valence-electron chi connectivity index (χ1n) is 10.8. The number of benzene rings is 1. The van der Waals surface area contributed by atoms with Crippen molar-refractivity contribution in [3.05, 3.63) is 66.5 Å². The first kappa shape index (κ1) is 20.6. The number of anilines is 2. The maximum absolute atomic E-state index is 12.4. The zero-order valence-corrected chi connectivity index (χ0v) is 18.1. The number of carbonyl (C=O) groups is 1. The zero-order valence-electron chi connectivity index (χ0n) is 18.1. The van der Waals surface area contributed by atoms with Crippen molar-refractivity contribution in [2.45, 2.75) is 19.8 Å². The normalized spacial score (nSPS) is 16.8. The van der Waals surface area contributed by atoms with Gasteiger partial charge in [0.15, 0.2) is 0 Å². The van der Waals surface area contributed by atoms with Crippen molar-refractivity contribution in [2.24, 2.45) is 11.8 Å². The summed E-state index contributed by atoms with van der Waals surface area (Å²) in [4.78, 5) is 26.0. The molecule has 0 aliphatic heterocycles. The number of rotatable bonds is 5. The summed E-state index contributed by atoms with van der Waals surface area (Å²) in [7, 11) is 0. The molecular weight excluding hydrogens is 412 g/mol. The van der Waals surface area contributed by atoms with E-state index in [2.05, 4.69) is 26.3 Å². The van der Waals surface area contributed by atoms with Crippen LogP contribution in [-0.4, -0.2) is 20.9 Å². The number of nitrogens with zero attached hydrogens (tertiary/aromatic N) is 4. The molecule has 5 rings (SSSR count). The Morgan fingerprint density at radius 2 is 1.97 bits per heavy atom. The van der Waals surface area contributed by atoms with E-state index in [1.54, 1.807) is 12.3 Å². The fraction of sp³-hybridized carbons (Fsp3) is 0.192. The van der Waals surface area contributed by atoms with Crippen LogP contribution in [0.15, 0.2) is 60.9 Å². The summed E-state index contributed by atoms with van der Waals surface area (Å²) in [6.45, 7) is 2.02. The number of nitrogen functional groups attached to an aromatic ring is 1. The summed E-state index contributed by atoms with van der Waals surface area (Å²) in [5.74, 6) is 0.769. The van der Waals surface area contributed by atoms with Crippen LogP contribution in [0.3, 0.4) is 0 Å². The average Bonchev–Trinajstić information content (AvgIpc) is 3.59. The predicted octanol–water partition coefficient (Wildman–Crippen LogP) is 4.74. The Morgan fingerprint density at radius 3 is 2.73 bits per heavy atom. The molecule has 3 N–H and O–H groups in total. The van der Waals surface area contributed by atoms with E-state index in [-0.39, 0.29) is 17.7 Å². The summed E-state index contributed by atoms with van der Waals surface area (Å²) in [6, 6.07) is 17.9. The second-order valence-electron chi connectivity index (χ2n) is 8.39. The highest BCUT2D eigenvalue weighted by Crippen LogP contribution is 2.41. The number of nitriles is 1. The molecule has 2 unspecified atom stereocenters. The van der Waals surface area contributed by atoms with Crippen molar-refractivity contribution in [3.8, 4) is 28.6 Å². The zero-order chi connectivity index (χ0) is 22.9. The maximum Gasteiger partial charge on any atom is 0.228 e. The molecule has 2 atom stereocenters. The topological polar surface area (TPSA) is 118 Å². The van der Waals surface area contributed by atoms with Crippen LogP contribution in [0.2, 0.25) is 0 Å². The van der Waals surface area contributed by atoms with Crippen LogP contribution >= 0.6 is 0 Å². The number of nitrogens with two attached hydrogens (primary N) is 1. The predicted molar refractivity (Wildman–Crippen MR) is 128 cm³/mol. The SMILES string of the molecule is Cc1cc(-c2ccccc2)ncc1-c1cc2cc(NC(=O)C3CC3CC#N)ncc2c(N)n1. The van der Waals surface area contributed by atoms with Crippen molar-refractivity contribution in [1.29, 1.82) is 5.26 Å². The molecule has 3 aromatic heterocycles. The number of carbonyl (C=O) groups excluding carboxylic acids is 1. The maximum atomic E-state index is 12.4. The van der Waals surface area contributed by atoms with E-state index in [4.69, 9.17) is 11.0 Å². The molecule has 1 aliphatic rings. The van der Waals surface area contributed by atoms with Gasteiger partial charge in [-0.3, -0.25) is 9.78 Å².